The summed E-state index contributed by atoms with van der Waals surface area (Å²) in [5.74, 6) is 0.511. The molecule has 0 aliphatic heterocycles. The van der Waals surface area contributed by atoms with Crippen LogP contribution in [0.1, 0.15) is 12.8 Å². The molecule has 5 heteroatoms. The van der Waals surface area contributed by atoms with Crippen LogP contribution in [0.25, 0.3) is 0 Å². The van der Waals surface area contributed by atoms with E-state index in [2.05, 4.69) is 15.9 Å². The van der Waals surface area contributed by atoms with E-state index in [-0.39, 0.29) is 11.9 Å². The molecule has 1 atom stereocenters. The van der Waals surface area contributed by atoms with Gasteiger partial charge in [0.15, 0.2) is 0 Å². The van der Waals surface area contributed by atoms with Crippen LogP contribution in [0.2, 0.25) is 0 Å². The van der Waals surface area contributed by atoms with Gasteiger partial charge in [0, 0.05) is 15.1 Å². The van der Waals surface area contributed by atoms with E-state index < -0.39 is 5.54 Å². The summed E-state index contributed by atoms with van der Waals surface area (Å²) < 4.78 is 5.87. The van der Waals surface area contributed by atoms with Crippen molar-refractivity contribution in [2.24, 2.45) is 11.7 Å². The van der Waals surface area contributed by atoms with Gasteiger partial charge in [-0.15, -0.1) is 11.8 Å². The zero-order valence-electron chi connectivity index (χ0n) is 10.2. The van der Waals surface area contributed by atoms with Gasteiger partial charge in [0.2, 0.25) is 0 Å². The molecule has 0 spiro atoms. The van der Waals surface area contributed by atoms with Crippen molar-refractivity contribution in [1.29, 1.82) is 0 Å². The second kappa shape index (κ2) is 5.63. The van der Waals surface area contributed by atoms with Crippen LogP contribution in [0.5, 0.6) is 0 Å². The molecule has 1 aliphatic carbocycles. The lowest BCUT2D eigenvalue weighted by molar-refractivity contribution is -0.146. The number of esters is 1. The van der Waals surface area contributed by atoms with Gasteiger partial charge in [0.25, 0.3) is 0 Å². The minimum Gasteiger partial charge on any atom is -0.468 e. The van der Waals surface area contributed by atoms with Crippen LogP contribution in [-0.4, -0.2) is 24.4 Å². The summed E-state index contributed by atoms with van der Waals surface area (Å²) in [6.07, 6.45) is 2.03. The first-order valence-corrected chi connectivity index (χ1v) is 7.60. The van der Waals surface area contributed by atoms with E-state index in [9.17, 15) is 4.79 Å². The molecule has 0 amide bonds. The topological polar surface area (TPSA) is 52.3 Å². The first kappa shape index (κ1) is 13.9. The quantitative estimate of drug-likeness (QED) is 0.666. The zero-order chi connectivity index (χ0) is 13.2. The van der Waals surface area contributed by atoms with Gasteiger partial charge in [-0.3, -0.25) is 4.79 Å². The van der Waals surface area contributed by atoms with Crippen LogP contribution in [-0.2, 0) is 9.53 Å². The van der Waals surface area contributed by atoms with Crippen molar-refractivity contribution in [1.82, 2.24) is 0 Å². The fraction of sp³-hybridized carbons (Fsp3) is 0.462. The molecule has 1 aliphatic rings. The monoisotopic (exact) mass is 329 g/mol. The first-order chi connectivity index (χ1) is 8.58. The number of ether oxygens (including phenoxy) is 1. The number of carbonyl (C=O) groups excluding carboxylic acids is 1. The van der Waals surface area contributed by atoms with E-state index in [1.165, 1.54) is 7.11 Å². The van der Waals surface area contributed by atoms with Gasteiger partial charge < -0.3 is 10.5 Å². The van der Waals surface area contributed by atoms with E-state index >= 15 is 0 Å². The largest absolute Gasteiger partial charge is 0.468 e. The highest BCUT2D eigenvalue weighted by Gasteiger charge is 2.48. The Balaban J connectivity index is 2.07. The zero-order valence-corrected chi connectivity index (χ0v) is 12.6. The van der Waals surface area contributed by atoms with Crippen LogP contribution in [0.4, 0.5) is 0 Å². The van der Waals surface area contributed by atoms with Crippen molar-refractivity contribution in [2.45, 2.75) is 23.3 Å². The Kier molecular flexibility index (Phi) is 4.35. The maximum Gasteiger partial charge on any atom is 0.327 e. The molecule has 0 radical (unpaired) electrons. The lowest BCUT2D eigenvalue weighted by atomic mass is 9.97. The number of hydrogen-bond donors (Lipinski definition) is 1. The lowest BCUT2D eigenvalue weighted by Crippen LogP contribution is -2.53. The molecular weight excluding hydrogens is 314 g/mol. The third-order valence-electron chi connectivity index (χ3n) is 3.17. The van der Waals surface area contributed by atoms with E-state index in [1.807, 2.05) is 24.3 Å². The minimum absolute atomic E-state index is 0.264. The third-order valence-corrected chi connectivity index (χ3v) is 5.42. The second-order valence-electron chi connectivity index (χ2n) is 4.53. The van der Waals surface area contributed by atoms with Crippen molar-refractivity contribution < 1.29 is 9.53 Å². The molecule has 1 unspecified atom stereocenters. The normalized spacial score (nSPS) is 18.2. The summed E-state index contributed by atoms with van der Waals surface area (Å²) >= 11 is 5.09. The lowest BCUT2D eigenvalue weighted by Gasteiger charge is -2.26. The van der Waals surface area contributed by atoms with Crippen LogP contribution in [0, 0.1) is 5.92 Å². The van der Waals surface area contributed by atoms with Crippen LogP contribution < -0.4 is 5.73 Å². The van der Waals surface area contributed by atoms with Gasteiger partial charge in [-0.2, -0.15) is 0 Å². The molecule has 0 saturated heterocycles. The number of methoxy groups -OCH3 is 1. The summed E-state index contributed by atoms with van der Waals surface area (Å²) in [4.78, 5) is 12.9. The average Bonchev–Trinajstić information content (AvgIpc) is 3.21. The van der Waals surface area contributed by atoms with E-state index in [1.54, 1.807) is 11.8 Å². The molecule has 18 heavy (non-hydrogen) atoms. The maximum absolute atomic E-state index is 11.8. The van der Waals surface area contributed by atoms with E-state index in [0.29, 0.717) is 5.75 Å². The number of nitrogens with two attached hydrogens (primary N) is 1. The van der Waals surface area contributed by atoms with E-state index in [0.717, 1.165) is 22.2 Å². The first-order valence-electron chi connectivity index (χ1n) is 5.82. The Bertz CT molecular complexity index is 450. The molecule has 1 aromatic carbocycles. The number of hydrogen-bond acceptors (Lipinski definition) is 4. The molecule has 2 N–H and O–H groups in total. The average molecular weight is 330 g/mol. The molecule has 1 fully saturated rings. The SMILES string of the molecule is COC(=O)C(N)(CSc1ccccc1Br)C1CC1. The molecule has 0 bridgehead atoms. The smallest absolute Gasteiger partial charge is 0.327 e. The fourth-order valence-corrected chi connectivity index (χ4v) is 3.65. The van der Waals surface area contributed by atoms with E-state index in [4.69, 9.17) is 10.5 Å². The Hall–Kier alpha value is -0.520. The Morgan fingerprint density at radius 1 is 1.56 bits per heavy atom. The number of halogens is 1. The summed E-state index contributed by atoms with van der Waals surface area (Å²) in [5, 5.41) is 0. The number of carbonyl (C=O) groups is 1. The number of thioether (sulfide) groups is 1. The summed E-state index contributed by atoms with van der Waals surface area (Å²) in [5.41, 5.74) is 5.39. The predicted molar refractivity (Wildman–Crippen MR) is 76.5 cm³/mol. The van der Waals surface area contributed by atoms with Gasteiger partial charge in [-0.25, -0.2) is 0 Å². The van der Waals surface area contributed by atoms with Crippen molar-refractivity contribution in [3.05, 3.63) is 28.7 Å². The van der Waals surface area contributed by atoms with Gasteiger partial charge in [0.05, 0.1) is 7.11 Å². The minimum atomic E-state index is -0.852. The predicted octanol–water partition coefficient (Wildman–Crippen LogP) is 2.82. The Morgan fingerprint density at radius 2 is 2.22 bits per heavy atom. The molecular formula is C13H16BrNO2S. The molecule has 0 heterocycles. The van der Waals surface area contributed by atoms with Gasteiger partial charge in [-0.1, -0.05) is 12.1 Å². The molecule has 2 rings (SSSR count). The van der Waals surface area contributed by atoms with Crippen molar-refractivity contribution >= 4 is 33.7 Å². The van der Waals surface area contributed by atoms with Crippen molar-refractivity contribution in [2.75, 3.05) is 12.9 Å². The summed E-state index contributed by atoms with van der Waals surface area (Å²) in [6.45, 7) is 0. The van der Waals surface area contributed by atoms with Crippen LogP contribution >= 0.6 is 27.7 Å². The highest BCUT2D eigenvalue weighted by molar-refractivity contribution is 9.10. The highest BCUT2D eigenvalue weighted by Crippen LogP contribution is 2.42. The molecule has 1 aromatic rings. The van der Waals surface area contributed by atoms with Crippen molar-refractivity contribution in [3.63, 3.8) is 0 Å². The maximum atomic E-state index is 11.8. The Morgan fingerprint density at radius 3 is 2.78 bits per heavy atom. The Labute approximate surface area is 120 Å². The van der Waals surface area contributed by atoms with Crippen LogP contribution in [0.3, 0.4) is 0 Å². The van der Waals surface area contributed by atoms with Crippen molar-refractivity contribution in [3.8, 4) is 0 Å². The van der Waals surface area contributed by atoms with Gasteiger partial charge >= 0.3 is 5.97 Å². The molecule has 0 aromatic heterocycles. The number of benzene rings is 1. The van der Waals surface area contributed by atoms with Gasteiger partial charge in [0.1, 0.15) is 5.54 Å². The number of rotatable bonds is 5. The van der Waals surface area contributed by atoms with Gasteiger partial charge in [-0.05, 0) is 46.8 Å². The standard InChI is InChI=1S/C13H16BrNO2S/c1-17-12(16)13(15,9-6-7-9)8-18-11-5-3-2-4-10(11)14/h2-5,9H,6-8,15H2,1H3. The summed E-state index contributed by atoms with van der Waals surface area (Å²) in [6, 6.07) is 7.93. The highest BCUT2D eigenvalue weighted by atomic mass is 79.9. The summed E-state index contributed by atoms with van der Waals surface area (Å²) in [7, 11) is 1.40. The van der Waals surface area contributed by atoms with Crippen LogP contribution in [0.15, 0.2) is 33.6 Å². The molecule has 98 valence electrons. The molecule has 1 saturated carbocycles. The second-order valence-corrected chi connectivity index (χ2v) is 6.40. The third kappa shape index (κ3) is 2.90. The molecule has 3 nitrogen and oxygen atoms in total. The fourth-order valence-electron chi connectivity index (χ4n) is 1.89.